The van der Waals surface area contributed by atoms with Crippen molar-refractivity contribution in [2.24, 2.45) is 0 Å². The summed E-state index contributed by atoms with van der Waals surface area (Å²) in [5, 5.41) is 21.5. The highest BCUT2D eigenvalue weighted by Gasteiger charge is 2.35. The summed E-state index contributed by atoms with van der Waals surface area (Å²) >= 11 is 15.1. The highest BCUT2D eigenvalue weighted by Crippen LogP contribution is 2.39. The van der Waals surface area contributed by atoms with Gasteiger partial charge >= 0.3 is 0 Å². The lowest BCUT2D eigenvalue weighted by Gasteiger charge is -2.35. The zero-order valence-corrected chi connectivity index (χ0v) is 26.2. The molecule has 0 saturated carbocycles. The first kappa shape index (κ1) is 29.4. The van der Waals surface area contributed by atoms with Gasteiger partial charge in [0, 0.05) is 60.5 Å². The molecule has 0 aliphatic carbocycles. The zero-order valence-electron chi connectivity index (χ0n) is 23.9. The molecule has 0 spiro atoms. The van der Waals surface area contributed by atoms with Crippen molar-refractivity contribution in [3.05, 3.63) is 81.4 Å². The maximum absolute atomic E-state index is 14.3. The van der Waals surface area contributed by atoms with Gasteiger partial charge in [0.05, 0.1) is 34.2 Å². The maximum atomic E-state index is 14.3. The molecule has 9 nitrogen and oxygen atoms in total. The van der Waals surface area contributed by atoms with E-state index in [1.807, 2.05) is 25.1 Å². The predicted molar refractivity (Wildman–Crippen MR) is 170 cm³/mol. The normalized spacial score (nSPS) is 18.9. The molecule has 2 aliphatic heterocycles. The van der Waals surface area contributed by atoms with Crippen molar-refractivity contribution in [2.75, 3.05) is 18.4 Å². The number of fused-ring (bicyclic) bond motifs is 2. The van der Waals surface area contributed by atoms with Gasteiger partial charge in [-0.25, -0.2) is 14.4 Å². The largest absolute Gasteiger partial charge is 0.390 e. The van der Waals surface area contributed by atoms with Crippen LogP contribution in [-0.2, 0) is 24.3 Å². The number of amides is 1. The van der Waals surface area contributed by atoms with Crippen LogP contribution in [0, 0.1) is 0 Å². The van der Waals surface area contributed by atoms with Crippen LogP contribution in [0.15, 0.2) is 54.4 Å². The van der Waals surface area contributed by atoms with Gasteiger partial charge in [-0.3, -0.25) is 19.7 Å². The Hall–Kier alpha value is -3.35. The third-order valence-electron chi connectivity index (χ3n) is 8.53. The number of carbonyl (C=O) groups excluding carboxylic acids is 1. The monoisotopic (exact) mass is 653 g/mol. The Labute approximate surface area is 267 Å². The maximum Gasteiger partial charge on any atom is 0.257 e. The number of nitrogens with zero attached hydrogens (tertiary/aromatic N) is 6. The Morgan fingerprint density at radius 3 is 2.73 bits per heavy atom. The molecule has 1 saturated heterocycles. The number of imidazole rings is 1. The number of hydrogen-bond acceptors (Lipinski definition) is 7. The molecule has 0 bridgehead atoms. The minimum atomic E-state index is -1.04. The van der Waals surface area contributed by atoms with Gasteiger partial charge in [0.2, 0.25) is 0 Å². The van der Waals surface area contributed by atoms with Crippen molar-refractivity contribution in [1.82, 2.24) is 29.2 Å². The van der Waals surface area contributed by atoms with E-state index < -0.39 is 23.7 Å². The van der Waals surface area contributed by atoms with E-state index in [9.17, 15) is 14.3 Å². The van der Waals surface area contributed by atoms with Crippen LogP contribution < -0.4 is 5.32 Å². The third-order valence-corrected chi connectivity index (χ3v) is 9.92. The molecular weight excluding hydrogens is 624 g/mol. The second-order valence-corrected chi connectivity index (χ2v) is 13.5. The molecule has 0 radical (unpaired) electrons. The van der Waals surface area contributed by atoms with Crippen molar-refractivity contribution >= 4 is 56.5 Å². The first-order valence-corrected chi connectivity index (χ1v) is 16.1. The molecule has 2 aromatic carbocycles. The lowest BCUT2D eigenvalue weighted by atomic mass is 9.93. The Bertz CT molecular complexity index is 1830. The van der Waals surface area contributed by atoms with Gasteiger partial charge < -0.3 is 9.67 Å². The molecule has 2 aliphatic rings. The number of alkyl halides is 1. The first-order chi connectivity index (χ1) is 21.1. The molecule has 2 N–H and O–H groups in total. The van der Waals surface area contributed by atoms with Gasteiger partial charge in [-0.05, 0) is 37.0 Å². The van der Waals surface area contributed by atoms with Crippen LogP contribution in [0.25, 0.3) is 22.0 Å². The zero-order chi connectivity index (χ0) is 30.6. The van der Waals surface area contributed by atoms with E-state index >= 15 is 0 Å². The van der Waals surface area contributed by atoms with E-state index in [0.717, 1.165) is 43.6 Å². The van der Waals surface area contributed by atoms with Gasteiger partial charge in [0.25, 0.3) is 5.91 Å². The van der Waals surface area contributed by atoms with Gasteiger partial charge in [-0.2, -0.15) is 5.10 Å². The molecular formula is C31H30Cl2FN7O2S. The molecule has 3 aromatic heterocycles. The number of carbonyl (C=O) groups is 1. The highest BCUT2D eigenvalue weighted by molar-refractivity contribution is 7.13. The Kier molecular flexibility index (Phi) is 7.70. The molecule has 228 valence electrons. The second kappa shape index (κ2) is 11.5. The number of aliphatic hydroxyl groups is 1. The van der Waals surface area contributed by atoms with Crippen molar-refractivity contribution in [3.8, 4) is 11.1 Å². The van der Waals surface area contributed by atoms with Gasteiger partial charge in [0.1, 0.15) is 11.7 Å². The van der Waals surface area contributed by atoms with Crippen LogP contribution in [0.3, 0.4) is 0 Å². The first-order valence-electron chi connectivity index (χ1n) is 14.4. The van der Waals surface area contributed by atoms with Gasteiger partial charge in [-0.15, -0.1) is 11.3 Å². The third kappa shape index (κ3) is 5.63. The summed E-state index contributed by atoms with van der Waals surface area (Å²) in [5.41, 5.74) is 3.73. The Morgan fingerprint density at radius 2 is 2.00 bits per heavy atom. The molecule has 1 unspecified atom stereocenters. The van der Waals surface area contributed by atoms with Crippen LogP contribution >= 0.6 is 34.5 Å². The number of aromatic nitrogens is 5. The van der Waals surface area contributed by atoms with Gasteiger partial charge in [-0.1, -0.05) is 47.5 Å². The quantitative estimate of drug-likeness (QED) is 0.219. The molecule has 13 heteroatoms. The van der Waals surface area contributed by atoms with Crippen molar-refractivity contribution < 1.29 is 14.3 Å². The van der Waals surface area contributed by atoms with Crippen molar-refractivity contribution in [1.29, 1.82) is 0 Å². The molecule has 2 atom stereocenters. The van der Waals surface area contributed by atoms with Gasteiger partial charge in [0.15, 0.2) is 11.2 Å². The fraction of sp³-hybridized carbons (Fsp3) is 0.355. The van der Waals surface area contributed by atoms with Crippen molar-refractivity contribution in [2.45, 2.75) is 57.1 Å². The summed E-state index contributed by atoms with van der Waals surface area (Å²) in [7, 11) is 0. The van der Waals surface area contributed by atoms with Crippen LogP contribution in [0.5, 0.6) is 0 Å². The number of anilines is 1. The molecule has 5 aromatic rings. The predicted octanol–water partition coefficient (Wildman–Crippen LogP) is 6.13. The molecule has 1 fully saturated rings. The van der Waals surface area contributed by atoms with E-state index in [4.69, 9.17) is 28.3 Å². The number of hydrogen-bond donors (Lipinski definition) is 2. The lowest BCUT2D eigenvalue weighted by Crippen LogP contribution is -2.41. The lowest BCUT2D eigenvalue weighted by molar-refractivity contribution is -0.118. The van der Waals surface area contributed by atoms with Crippen molar-refractivity contribution in [3.63, 3.8) is 0 Å². The van der Waals surface area contributed by atoms with Crippen LogP contribution in [0.1, 0.15) is 42.8 Å². The summed E-state index contributed by atoms with van der Waals surface area (Å²) in [5.74, 6) is -0.406. The van der Waals surface area contributed by atoms with E-state index in [1.54, 1.807) is 28.7 Å². The summed E-state index contributed by atoms with van der Waals surface area (Å²) < 4.78 is 17.6. The number of rotatable bonds is 7. The van der Waals surface area contributed by atoms with E-state index in [0.29, 0.717) is 37.5 Å². The summed E-state index contributed by atoms with van der Waals surface area (Å²) in [6.07, 6.45) is 5.50. The van der Waals surface area contributed by atoms with E-state index in [1.165, 1.54) is 21.6 Å². The molecule has 1 amide bonds. The summed E-state index contributed by atoms with van der Waals surface area (Å²) in [6, 6.07) is 8.99. The topological polar surface area (TPSA) is 101 Å². The van der Waals surface area contributed by atoms with Crippen LogP contribution in [-0.4, -0.2) is 65.1 Å². The number of thiazole rings is 1. The number of nitrogens with one attached hydrogen (secondary N) is 1. The number of halogens is 3. The van der Waals surface area contributed by atoms with E-state index in [-0.39, 0.29) is 13.0 Å². The fourth-order valence-corrected chi connectivity index (χ4v) is 7.14. The highest BCUT2D eigenvalue weighted by atomic mass is 35.5. The SMILES string of the molecule is CC1(O)CCN(Cc2ccc(-c3cc(Cl)c4cn(C(C(=O)Nc5nccs5)c5ncn6c5C[C@@H](F)C6)nc4c3Cl)cc2)CC1. The fourth-order valence-electron chi connectivity index (χ4n) is 6.05. The minimum absolute atomic E-state index is 0.164. The number of benzene rings is 2. The second-order valence-electron chi connectivity index (χ2n) is 11.8. The smallest absolute Gasteiger partial charge is 0.257 e. The average molecular weight is 655 g/mol. The average Bonchev–Trinajstić information content (AvgIpc) is 3.79. The number of likely N-dealkylation sites (tertiary alicyclic amines) is 1. The Morgan fingerprint density at radius 1 is 1.23 bits per heavy atom. The van der Waals surface area contributed by atoms with E-state index in [2.05, 4.69) is 32.3 Å². The molecule has 7 rings (SSSR count). The summed E-state index contributed by atoms with van der Waals surface area (Å²) in [6.45, 7) is 4.61. The minimum Gasteiger partial charge on any atom is -0.390 e. The van der Waals surface area contributed by atoms with Crippen LogP contribution in [0.2, 0.25) is 10.0 Å². The Balaban J connectivity index is 1.21. The summed E-state index contributed by atoms with van der Waals surface area (Å²) in [4.78, 5) is 24.7. The molecule has 5 heterocycles. The van der Waals surface area contributed by atoms with Crippen LogP contribution in [0.4, 0.5) is 9.52 Å². The number of piperidine rings is 1. The standard InChI is InChI=1S/C31H30Cl2FN7O2S/c1-31(43)6-9-39(10-7-31)14-18-2-4-19(5-3-18)21-13-23(32)22-16-41(38-26(22)25(21)33)28(29(42)37-30-35-8-11-44-30)27-24-12-20(34)15-40(24)17-36-27/h2-5,8,11,13,16-17,20,28,43H,6-7,9-10,12,14-15H2,1H3,(H,35,37,42)/t20-,28?/m1/s1. The molecule has 44 heavy (non-hydrogen) atoms.